The van der Waals surface area contributed by atoms with Gasteiger partial charge >= 0.3 is 0 Å². The standard InChI is InChI=1S/C21H39N5O/c1-4-5-10-26-11-8-18(9-12-26)23-21(22-15-20(27)25(2)3)24-19-14-16-6-7-17(19)13-16/h16-19H,4-15H2,1-3H3,(H2,22,23,24). The molecule has 3 rings (SSSR count). The van der Waals surface area contributed by atoms with Crippen LogP contribution in [-0.4, -0.2) is 74.0 Å². The summed E-state index contributed by atoms with van der Waals surface area (Å²) < 4.78 is 0. The Morgan fingerprint density at radius 2 is 1.89 bits per heavy atom. The molecule has 27 heavy (non-hydrogen) atoms. The first-order valence-corrected chi connectivity index (χ1v) is 11.0. The zero-order valence-corrected chi connectivity index (χ0v) is 17.5. The highest BCUT2D eigenvalue weighted by atomic mass is 16.2. The number of hydrogen-bond acceptors (Lipinski definition) is 3. The number of nitrogens with one attached hydrogen (secondary N) is 2. The van der Waals surface area contributed by atoms with Gasteiger partial charge in [0.15, 0.2) is 5.96 Å². The Bertz CT molecular complexity index is 513. The van der Waals surface area contributed by atoms with Gasteiger partial charge in [-0.05, 0) is 56.9 Å². The van der Waals surface area contributed by atoms with E-state index in [-0.39, 0.29) is 12.5 Å². The molecule has 0 radical (unpaired) electrons. The molecule has 0 aromatic heterocycles. The summed E-state index contributed by atoms with van der Waals surface area (Å²) in [5.41, 5.74) is 0. The number of carbonyl (C=O) groups is 1. The average Bonchev–Trinajstić information content (AvgIpc) is 3.28. The Labute approximate surface area is 165 Å². The van der Waals surface area contributed by atoms with E-state index >= 15 is 0 Å². The number of aliphatic imine (C=N–C) groups is 1. The third kappa shape index (κ3) is 5.84. The van der Waals surface area contributed by atoms with Gasteiger partial charge in [-0.15, -0.1) is 0 Å². The monoisotopic (exact) mass is 377 g/mol. The molecular formula is C21H39N5O. The molecule has 2 saturated carbocycles. The fraction of sp³-hybridized carbons (Fsp3) is 0.905. The molecule has 3 atom stereocenters. The lowest BCUT2D eigenvalue weighted by atomic mass is 9.95. The molecule has 3 unspecified atom stereocenters. The van der Waals surface area contributed by atoms with Gasteiger partial charge < -0.3 is 20.4 Å². The summed E-state index contributed by atoms with van der Waals surface area (Å²) in [5.74, 6) is 2.61. The lowest BCUT2D eigenvalue weighted by Gasteiger charge is -2.34. The Morgan fingerprint density at radius 3 is 2.48 bits per heavy atom. The van der Waals surface area contributed by atoms with Gasteiger partial charge in [0.25, 0.3) is 0 Å². The fourth-order valence-corrected chi connectivity index (χ4v) is 4.89. The number of amides is 1. The molecule has 154 valence electrons. The number of carbonyl (C=O) groups excluding carboxylic acids is 1. The normalized spacial score (nSPS) is 29.1. The second kappa shape index (κ2) is 9.76. The number of rotatable bonds is 7. The van der Waals surface area contributed by atoms with Gasteiger partial charge in [0.1, 0.15) is 6.54 Å². The number of nitrogens with zero attached hydrogens (tertiary/aromatic N) is 3. The van der Waals surface area contributed by atoms with Crippen molar-refractivity contribution in [3.63, 3.8) is 0 Å². The highest BCUT2D eigenvalue weighted by molar-refractivity contribution is 5.85. The smallest absolute Gasteiger partial charge is 0.243 e. The summed E-state index contributed by atoms with van der Waals surface area (Å²) >= 11 is 0. The first kappa shape index (κ1) is 20.4. The van der Waals surface area contributed by atoms with E-state index in [1.807, 2.05) is 0 Å². The van der Waals surface area contributed by atoms with Crippen LogP contribution in [0.3, 0.4) is 0 Å². The topological polar surface area (TPSA) is 60.0 Å². The number of likely N-dealkylation sites (tertiary alicyclic amines) is 1. The Morgan fingerprint density at radius 1 is 1.11 bits per heavy atom. The summed E-state index contributed by atoms with van der Waals surface area (Å²) in [5, 5.41) is 7.34. The fourth-order valence-electron chi connectivity index (χ4n) is 4.89. The van der Waals surface area contributed by atoms with E-state index in [4.69, 9.17) is 0 Å². The zero-order chi connectivity index (χ0) is 19.2. The molecule has 0 aromatic rings. The lowest BCUT2D eigenvalue weighted by molar-refractivity contribution is -0.127. The summed E-state index contributed by atoms with van der Waals surface area (Å²) in [6.07, 6.45) is 10.3. The third-order valence-corrected chi connectivity index (χ3v) is 6.69. The van der Waals surface area contributed by atoms with Crippen LogP contribution < -0.4 is 10.6 Å². The van der Waals surface area contributed by atoms with E-state index in [1.165, 1.54) is 45.1 Å². The maximum Gasteiger partial charge on any atom is 0.243 e. The van der Waals surface area contributed by atoms with Gasteiger partial charge in [0.2, 0.25) is 5.91 Å². The second-order valence-corrected chi connectivity index (χ2v) is 8.99. The van der Waals surface area contributed by atoms with E-state index in [2.05, 4.69) is 27.4 Å². The molecule has 2 aliphatic carbocycles. The summed E-state index contributed by atoms with van der Waals surface area (Å²) in [6, 6.07) is 0.997. The van der Waals surface area contributed by atoms with Crippen LogP contribution in [0.1, 0.15) is 58.3 Å². The molecule has 3 fully saturated rings. The molecule has 0 spiro atoms. The average molecular weight is 378 g/mol. The van der Waals surface area contributed by atoms with Gasteiger partial charge in [0, 0.05) is 39.3 Å². The van der Waals surface area contributed by atoms with Gasteiger partial charge in [-0.2, -0.15) is 0 Å². The highest BCUT2D eigenvalue weighted by Crippen LogP contribution is 2.44. The molecule has 6 nitrogen and oxygen atoms in total. The molecule has 3 aliphatic rings. The minimum atomic E-state index is 0.0541. The number of hydrogen-bond donors (Lipinski definition) is 2. The molecule has 6 heteroatoms. The number of fused-ring (bicyclic) bond motifs is 2. The first-order valence-electron chi connectivity index (χ1n) is 11.0. The number of piperidine rings is 1. The molecule has 1 amide bonds. The number of likely N-dealkylation sites (N-methyl/N-ethyl adjacent to an activating group) is 1. The summed E-state index contributed by atoms with van der Waals surface area (Å²) in [6.45, 7) is 6.03. The quantitative estimate of drug-likeness (QED) is 0.527. The largest absolute Gasteiger partial charge is 0.354 e. The van der Waals surface area contributed by atoms with E-state index in [1.54, 1.807) is 19.0 Å². The van der Waals surface area contributed by atoms with Crippen molar-refractivity contribution in [1.29, 1.82) is 0 Å². The van der Waals surface area contributed by atoms with Crippen LogP contribution in [0, 0.1) is 11.8 Å². The van der Waals surface area contributed by atoms with Crippen molar-refractivity contribution in [3.05, 3.63) is 0 Å². The molecule has 0 aromatic carbocycles. The molecule has 1 saturated heterocycles. The SMILES string of the molecule is CCCCN1CCC(NC(=NCC(=O)N(C)C)NC2CC3CCC2C3)CC1. The highest BCUT2D eigenvalue weighted by Gasteiger charge is 2.40. The van der Waals surface area contributed by atoms with Crippen LogP contribution in [-0.2, 0) is 4.79 Å². The van der Waals surface area contributed by atoms with Crippen molar-refractivity contribution < 1.29 is 4.79 Å². The first-order chi connectivity index (χ1) is 13.0. The summed E-state index contributed by atoms with van der Waals surface area (Å²) in [7, 11) is 3.58. The molecule has 2 N–H and O–H groups in total. The van der Waals surface area contributed by atoms with Crippen LogP contribution in [0.25, 0.3) is 0 Å². The Hall–Kier alpha value is -1.30. The van der Waals surface area contributed by atoms with Crippen LogP contribution in [0.4, 0.5) is 0 Å². The van der Waals surface area contributed by atoms with Crippen LogP contribution in [0.15, 0.2) is 4.99 Å². The molecule has 1 heterocycles. The Kier molecular flexibility index (Phi) is 7.39. The van der Waals surface area contributed by atoms with Gasteiger partial charge in [-0.3, -0.25) is 4.79 Å². The maximum atomic E-state index is 12.0. The zero-order valence-electron chi connectivity index (χ0n) is 17.5. The van der Waals surface area contributed by atoms with Gasteiger partial charge in [-0.1, -0.05) is 19.8 Å². The predicted octanol–water partition coefficient (Wildman–Crippen LogP) is 2.06. The summed E-state index contributed by atoms with van der Waals surface area (Å²) in [4.78, 5) is 20.8. The van der Waals surface area contributed by atoms with E-state index < -0.39 is 0 Å². The number of guanidine groups is 1. The van der Waals surface area contributed by atoms with Crippen molar-refractivity contribution in [2.24, 2.45) is 16.8 Å². The van der Waals surface area contributed by atoms with Crippen LogP contribution in [0.2, 0.25) is 0 Å². The van der Waals surface area contributed by atoms with E-state index in [0.717, 1.165) is 43.7 Å². The minimum absolute atomic E-state index is 0.0541. The van der Waals surface area contributed by atoms with Crippen LogP contribution in [0.5, 0.6) is 0 Å². The van der Waals surface area contributed by atoms with Crippen molar-refractivity contribution >= 4 is 11.9 Å². The van der Waals surface area contributed by atoms with Crippen LogP contribution >= 0.6 is 0 Å². The molecular weight excluding hydrogens is 338 g/mol. The third-order valence-electron chi connectivity index (χ3n) is 6.69. The Balaban J connectivity index is 1.53. The maximum absolute atomic E-state index is 12.0. The van der Waals surface area contributed by atoms with Crippen molar-refractivity contribution in [2.45, 2.75) is 70.4 Å². The van der Waals surface area contributed by atoms with Gasteiger partial charge in [-0.25, -0.2) is 4.99 Å². The molecule has 2 bridgehead atoms. The predicted molar refractivity (Wildman–Crippen MR) is 111 cm³/mol. The van der Waals surface area contributed by atoms with E-state index in [0.29, 0.717) is 12.1 Å². The van der Waals surface area contributed by atoms with Gasteiger partial charge in [0.05, 0.1) is 0 Å². The molecule has 1 aliphatic heterocycles. The van der Waals surface area contributed by atoms with Crippen molar-refractivity contribution in [1.82, 2.24) is 20.4 Å². The van der Waals surface area contributed by atoms with Crippen molar-refractivity contribution in [3.8, 4) is 0 Å². The lowest BCUT2D eigenvalue weighted by Crippen LogP contribution is -2.52. The minimum Gasteiger partial charge on any atom is -0.354 e. The number of unbranched alkanes of at least 4 members (excludes halogenated alkanes) is 1. The van der Waals surface area contributed by atoms with E-state index in [9.17, 15) is 4.79 Å². The van der Waals surface area contributed by atoms with Crippen molar-refractivity contribution in [2.75, 3.05) is 40.3 Å². The second-order valence-electron chi connectivity index (χ2n) is 8.99.